The maximum atomic E-state index is 12.9. The zero-order valence-corrected chi connectivity index (χ0v) is 16.5. The summed E-state index contributed by atoms with van der Waals surface area (Å²) in [6, 6.07) is 5.31. The van der Waals surface area contributed by atoms with E-state index in [-0.39, 0.29) is 30.7 Å². The average molecular weight is 406 g/mol. The predicted octanol–water partition coefficient (Wildman–Crippen LogP) is 2.96. The van der Waals surface area contributed by atoms with Crippen LogP contribution in [0.5, 0.6) is 0 Å². The number of hydrogen-bond donors (Lipinski definition) is 2. The number of fused-ring (bicyclic) bond motifs is 1. The second kappa shape index (κ2) is 7.87. The van der Waals surface area contributed by atoms with Crippen LogP contribution in [0.3, 0.4) is 0 Å². The Morgan fingerprint density at radius 2 is 2.14 bits per heavy atom. The van der Waals surface area contributed by atoms with Crippen molar-refractivity contribution in [3.8, 4) is 0 Å². The minimum atomic E-state index is -0.133. The van der Waals surface area contributed by atoms with Gasteiger partial charge in [0.15, 0.2) is 5.58 Å². The van der Waals surface area contributed by atoms with Gasteiger partial charge in [0.05, 0.1) is 12.6 Å². The van der Waals surface area contributed by atoms with Gasteiger partial charge in [-0.05, 0) is 37.8 Å². The molecule has 2 aromatic rings. The molecule has 28 heavy (non-hydrogen) atoms. The number of aromatic nitrogens is 1. The molecule has 1 aliphatic carbocycles. The van der Waals surface area contributed by atoms with Gasteiger partial charge < -0.3 is 24.9 Å². The third kappa shape index (κ3) is 4.01. The van der Waals surface area contributed by atoms with Gasteiger partial charge in [0.1, 0.15) is 5.52 Å². The van der Waals surface area contributed by atoms with Crippen molar-refractivity contribution in [2.75, 3.05) is 20.1 Å². The van der Waals surface area contributed by atoms with Crippen LogP contribution >= 0.6 is 11.6 Å². The fraction of sp³-hybridized carbons (Fsp3) is 0.526. The van der Waals surface area contributed by atoms with Gasteiger partial charge in [-0.2, -0.15) is 0 Å². The molecular formula is C19H24ClN5O3. The molecule has 1 aromatic heterocycles. The molecule has 150 valence electrons. The zero-order chi connectivity index (χ0) is 19.7. The van der Waals surface area contributed by atoms with E-state index < -0.39 is 0 Å². The highest BCUT2D eigenvalue weighted by Crippen LogP contribution is 2.31. The molecular weight excluding hydrogens is 382 g/mol. The van der Waals surface area contributed by atoms with Gasteiger partial charge in [0, 0.05) is 37.3 Å². The van der Waals surface area contributed by atoms with E-state index in [0.29, 0.717) is 28.6 Å². The third-order valence-corrected chi connectivity index (χ3v) is 5.49. The molecule has 0 unspecified atom stereocenters. The first-order valence-corrected chi connectivity index (χ1v) is 10.0. The smallest absolute Gasteiger partial charge is 0.318 e. The quantitative estimate of drug-likeness (QED) is 0.818. The van der Waals surface area contributed by atoms with Crippen LogP contribution in [0.15, 0.2) is 22.6 Å². The van der Waals surface area contributed by atoms with Crippen LogP contribution in [-0.4, -0.2) is 59.1 Å². The molecule has 9 heteroatoms. The van der Waals surface area contributed by atoms with E-state index in [1.807, 2.05) is 4.90 Å². The summed E-state index contributed by atoms with van der Waals surface area (Å²) in [6.45, 7) is 1.49. The van der Waals surface area contributed by atoms with Crippen LogP contribution in [0.1, 0.15) is 31.6 Å². The summed E-state index contributed by atoms with van der Waals surface area (Å²) in [4.78, 5) is 33.0. The Labute approximate surface area is 168 Å². The minimum absolute atomic E-state index is 0.0287. The first-order chi connectivity index (χ1) is 13.5. The highest BCUT2D eigenvalue weighted by atomic mass is 35.5. The lowest BCUT2D eigenvalue weighted by molar-refractivity contribution is 0.115. The number of nitrogens with zero attached hydrogens (tertiary/aromatic N) is 3. The lowest BCUT2D eigenvalue weighted by Gasteiger charge is -2.39. The SMILES string of the molecule is CNC(=O)N1CCC[C@@H](N(C(=O)NCc2nc3ccc(Cl)cc3o2)C2CC2)C1. The van der Waals surface area contributed by atoms with Crippen LogP contribution in [-0.2, 0) is 6.54 Å². The molecule has 0 bridgehead atoms. The lowest BCUT2D eigenvalue weighted by atomic mass is 10.0. The number of urea groups is 2. The van der Waals surface area contributed by atoms with Crippen molar-refractivity contribution in [3.63, 3.8) is 0 Å². The molecule has 2 fully saturated rings. The highest BCUT2D eigenvalue weighted by Gasteiger charge is 2.39. The average Bonchev–Trinajstić information content (AvgIpc) is 3.44. The second-order valence-corrected chi connectivity index (χ2v) is 7.75. The number of benzene rings is 1. The number of piperidine rings is 1. The fourth-order valence-corrected chi connectivity index (χ4v) is 3.93. The van der Waals surface area contributed by atoms with Crippen LogP contribution in [0.25, 0.3) is 11.1 Å². The third-order valence-electron chi connectivity index (χ3n) is 5.25. The number of nitrogens with one attached hydrogen (secondary N) is 2. The number of oxazole rings is 1. The maximum absolute atomic E-state index is 12.9. The minimum Gasteiger partial charge on any atom is -0.439 e. The first-order valence-electron chi connectivity index (χ1n) is 9.63. The number of carbonyl (C=O) groups is 2. The summed E-state index contributed by atoms with van der Waals surface area (Å²) < 4.78 is 5.67. The molecule has 4 amide bonds. The number of rotatable bonds is 4. The normalized spacial score (nSPS) is 19.5. The summed E-state index contributed by atoms with van der Waals surface area (Å²) in [6.07, 6.45) is 3.80. The van der Waals surface area contributed by atoms with E-state index in [9.17, 15) is 9.59 Å². The topological polar surface area (TPSA) is 90.7 Å². The van der Waals surface area contributed by atoms with E-state index in [4.69, 9.17) is 16.0 Å². The Morgan fingerprint density at radius 1 is 1.32 bits per heavy atom. The Hall–Kier alpha value is -2.48. The Kier molecular flexibility index (Phi) is 5.30. The van der Waals surface area contributed by atoms with Crippen molar-refractivity contribution in [1.82, 2.24) is 25.4 Å². The standard InChI is InChI=1S/C19H24ClN5O3/c1-21-18(26)24-8-2-3-14(11-24)25(13-5-6-13)19(27)22-10-17-23-15-7-4-12(20)9-16(15)28-17/h4,7,9,13-14H,2-3,5-6,8,10-11H2,1H3,(H,21,26)(H,22,27)/t14-/m1/s1. The monoisotopic (exact) mass is 405 g/mol. The molecule has 2 N–H and O–H groups in total. The molecule has 0 radical (unpaired) electrons. The summed E-state index contributed by atoms with van der Waals surface area (Å²) in [7, 11) is 1.63. The Bertz CT molecular complexity index is 882. The number of amides is 4. The molecule has 4 rings (SSSR count). The number of hydrogen-bond acceptors (Lipinski definition) is 4. The van der Waals surface area contributed by atoms with Gasteiger partial charge in [-0.25, -0.2) is 14.6 Å². The molecule has 1 aromatic carbocycles. The summed E-state index contributed by atoms with van der Waals surface area (Å²) >= 11 is 5.97. The van der Waals surface area contributed by atoms with Crippen LogP contribution in [0, 0.1) is 0 Å². The van der Waals surface area contributed by atoms with Gasteiger partial charge in [-0.3, -0.25) is 0 Å². The van der Waals surface area contributed by atoms with Crippen LogP contribution < -0.4 is 10.6 Å². The van der Waals surface area contributed by atoms with E-state index in [0.717, 1.165) is 32.2 Å². The highest BCUT2D eigenvalue weighted by molar-refractivity contribution is 6.31. The molecule has 1 atom stereocenters. The van der Waals surface area contributed by atoms with Gasteiger partial charge in [0.25, 0.3) is 0 Å². The van der Waals surface area contributed by atoms with Gasteiger partial charge in [-0.15, -0.1) is 0 Å². The van der Waals surface area contributed by atoms with E-state index in [1.165, 1.54) is 0 Å². The Morgan fingerprint density at radius 3 is 2.89 bits per heavy atom. The molecule has 2 heterocycles. The summed E-state index contributed by atoms with van der Waals surface area (Å²) in [5.41, 5.74) is 1.31. The lowest BCUT2D eigenvalue weighted by Crippen LogP contribution is -2.56. The van der Waals surface area contributed by atoms with Gasteiger partial charge in [-0.1, -0.05) is 11.6 Å². The number of likely N-dealkylation sites (tertiary alicyclic amines) is 1. The number of halogens is 1. The fourth-order valence-electron chi connectivity index (χ4n) is 3.77. The first kappa shape index (κ1) is 18.9. The van der Waals surface area contributed by atoms with Crippen molar-refractivity contribution in [3.05, 3.63) is 29.1 Å². The van der Waals surface area contributed by atoms with E-state index >= 15 is 0 Å². The number of carbonyl (C=O) groups excluding carboxylic acids is 2. The molecule has 2 aliphatic rings. The predicted molar refractivity (Wildman–Crippen MR) is 105 cm³/mol. The maximum Gasteiger partial charge on any atom is 0.318 e. The molecule has 1 aliphatic heterocycles. The van der Waals surface area contributed by atoms with Crippen molar-refractivity contribution >= 4 is 34.8 Å². The molecule has 1 saturated heterocycles. The molecule has 0 spiro atoms. The van der Waals surface area contributed by atoms with Gasteiger partial charge in [0.2, 0.25) is 5.89 Å². The van der Waals surface area contributed by atoms with Gasteiger partial charge >= 0.3 is 12.1 Å². The van der Waals surface area contributed by atoms with E-state index in [1.54, 1.807) is 30.1 Å². The largest absolute Gasteiger partial charge is 0.439 e. The molecule has 1 saturated carbocycles. The molecule has 8 nitrogen and oxygen atoms in total. The van der Waals surface area contributed by atoms with Crippen LogP contribution in [0.2, 0.25) is 5.02 Å². The van der Waals surface area contributed by atoms with Crippen molar-refractivity contribution < 1.29 is 14.0 Å². The summed E-state index contributed by atoms with van der Waals surface area (Å²) in [5, 5.41) is 6.18. The summed E-state index contributed by atoms with van der Waals surface area (Å²) in [5.74, 6) is 0.442. The van der Waals surface area contributed by atoms with Crippen molar-refractivity contribution in [2.24, 2.45) is 0 Å². The van der Waals surface area contributed by atoms with Crippen LogP contribution in [0.4, 0.5) is 9.59 Å². The zero-order valence-electron chi connectivity index (χ0n) is 15.8. The van der Waals surface area contributed by atoms with E-state index in [2.05, 4.69) is 15.6 Å². The second-order valence-electron chi connectivity index (χ2n) is 7.31. The van der Waals surface area contributed by atoms with Crippen molar-refractivity contribution in [2.45, 2.75) is 44.3 Å². The Balaban J connectivity index is 1.41. The van der Waals surface area contributed by atoms with Crippen molar-refractivity contribution in [1.29, 1.82) is 0 Å².